The van der Waals surface area contributed by atoms with Crippen LogP contribution in [0.2, 0.25) is 0 Å². The van der Waals surface area contributed by atoms with Crippen LogP contribution in [0.3, 0.4) is 0 Å². The second-order valence-electron chi connectivity index (χ2n) is 0. The average molecular weight is 370 g/mol. The molecular weight excluding hydrogens is 370 g/mol. The molecule has 3 radical (unpaired) electrons. The Hall–Kier alpha value is 3.10. The van der Waals surface area contributed by atoms with Gasteiger partial charge in [0.15, 0.2) is 0 Å². The predicted octanol–water partition coefficient (Wildman–Crippen LogP) is -0.0100. The zero-order valence-corrected chi connectivity index (χ0v) is 10.9. The molecule has 0 atom stereocenters. The first kappa shape index (κ1) is 27.5. The van der Waals surface area contributed by atoms with E-state index in [4.69, 9.17) is 0 Å². The molecule has 0 saturated carbocycles. The molecule has 0 rings (SSSR count). The van der Waals surface area contributed by atoms with Gasteiger partial charge in [0.25, 0.3) is 0 Å². The van der Waals surface area contributed by atoms with Gasteiger partial charge in [0.1, 0.15) is 0 Å². The molecule has 0 unspecified atom stereocenters. The van der Waals surface area contributed by atoms with Gasteiger partial charge in [-0.15, -0.1) is 0 Å². The second-order valence-corrected chi connectivity index (χ2v) is 0. The minimum atomic E-state index is 0. The summed E-state index contributed by atoms with van der Waals surface area (Å²) in [6.45, 7) is 0. The zero-order chi connectivity index (χ0) is 0. The molecule has 0 amide bonds. The van der Waals surface area contributed by atoms with E-state index in [9.17, 15) is 0 Å². The molecule has 0 fully saturated rings. The summed E-state index contributed by atoms with van der Waals surface area (Å²) in [4.78, 5) is 0. The summed E-state index contributed by atoms with van der Waals surface area (Å²) in [6.07, 6.45) is 0. The molecular formula is Nb3Zr. The first-order valence-electron chi connectivity index (χ1n) is 0. The van der Waals surface area contributed by atoms with E-state index in [-0.39, 0.29) is 93.3 Å². The van der Waals surface area contributed by atoms with Crippen LogP contribution >= 0.6 is 0 Å². The van der Waals surface area contributed by atoms with Crippen LogP contribution in [0.4, 0.5) is 0 Å². The van der Waals surface area contributed by atoms with Crippen molar-refractivity contribution in [1.29, 1.82) is 0 Å². The topological polar surface area (TPSA) is 0 Å². The first-order chi connectivity index (χ1) is 0. The second kappa shape index (κ2) is 16.5. The van der Waals surface area contributed by atoms with Gasteiger partial charge in [-0.25, -0.2) is 0 Å². The van der Waals surface area contributed by atoms with Gasteiger partial charge in [0.2, 0.25) is 0 Å². The summed E-state index contributed by atoms with van der Waals surface area (Å²) < 4.78 is 0. The molecule has 19 valence electrons. The molecule has 4 heteroatoms. The van der Waals surface area contributed by atoms with Gasteiger partial charge < -0.3 is 0 Å². The van der Waals surface area contributed by atoms with Crippen molar-refractivity contribution in [2.24, 2.45) is 0 Å². The fourth-order valence-corrected chi connectivity index (χ4v) is 0. The molecule has 0 spiro atoms. The number of rotatable bonds is 0. The monoisotopic (exact) mass is 369 g/mol. The van der Waals surface area contributed by atoms with Crippen LogP contribution in [-0.2, 0) is 93.3 Å². The molecule has 0 aromatic carbocycles. The third-order valence-electron chi connectivity index (χ3n) is 0. The Balaban J connectivity index is 0. The van der Waals surface area contributed by atoms with E-state index < -0.39 is 0 Å². The van der Waals surface area contributed by atoms with E-state index >= 15 is 0 Å². The number of hydrogen-bond acceptors (Lipinski definition) is 0. The summed E-state index contributed by atoms with van der Waals surface area (Å²) in [5.74, 6) is 0. The Morgan fingerprint density at radius 3 is 0.500 bits per heavy atom. The third-order valence-corrected chi connectivity index (χ3v) is 0. The summed E-state index contributed by atoms with van der Waals surface area (Å²) in [7, 11) is 0. The Morgan fingerprint density at radius 2 is 0.500 bits per heavy atom. The van der Waals surface area contributed by atoms with Crippen LogP contribution in [0, 0.1) is 0 Å². The van der Waals surface area contributed by atoms with E-state index in [1.54, 1.807) is 0 Å². The van der Waals surface area contributed by atoms with Gasteiger partial charge in [-0.05, 0) is 0 Å². The van der Waals surface area contributed by atoms with E-state index in [1.165, 1.54) is 0 Å². The smallest absolute Gasteiger partial charge is 0 e. The SMILES string of the molecule is [Nb].[Nb].[Nb].[Zr]. The summed E-state index contributed by atoms with van der Waals surface area (Å²) in [5, 5.41) is 0. The molecule has 0 bridgehead atoms. The molecule has 0 heterocycles. The average Bonchev–Trinajstić information content (AvgIpc) is 0. The van der Waals surface area contributed by atoms with E-state index in [0.29, 0.717) is 0 Å². The van der Waals surface area contributed by atoms with Crippen LogP contribution in [-0.4, -0.2) is 0 Å². The molecule has 0 N–H and O–H groups in total. The van der Waals surface area contributed by atoms with E-state index in [0.717, 1.165) is 0 Å². The fourth-order valence-electron chi connectivity index (χ4n) is 0. The van der Waals surface area contributed by atoms with Crippen molar-refractivity contribution >= 4 is 0 Å². The predicted molar refractivity (Wildman–Crippen MR) is 0 cm³/mol. The van der Waals surface area contributed by atoms with Crippen molar-refractivity contribution in [3.8, 4) is 0 Å². The van der Waals surface area contributed by atoms with E-state index in [1.807, 2.05) is 0 Å². The molecule has 4 heavy (non-hydrogen) atoms. The van der Waals surface area contributed by atoms with Gasteiger partial charge in [-0.2, -0.15) is 0 Å². The largest absolute Gasteiger partial charge is 0 e. The van der Waals surface area contributed by atoms with Crippen LogP contribution in [0.25, 0.3) is 0 Å². The maximum absolute atomic E-state index is 0. The van der Waals surface area contributed by atoms with Gasteiger partial charge in [-0.1, -0.05) is 0 Å². The van der Waals surface area contributed by atoms with Crippen molar-refractivity contribution in [2.75, 3.05) is 0 Å². The van der Waals surface area contributed by atoms with Crippen LogP contribution in [0.1, 0.15) is 0 Å². The van der Waals surface area contributed by atoms with Crippen LogP contribution in [0.5, 0.6) is 0 Å². The van der Waals surface area contributed by atoms with Crippen molar-refractivity contribution in [1.82, 2.24) is 0 Å². The molecule has 0 aliphatic rings. The molecule has 0 saturated heterocycles. The third kappa shape index (κ3) is 8.92. The minimum absolute atomic E-state index is 0. The van der Waals surface area contributed by atoms with Crippen LogP contribution in [0.15, 0.2) is 0 Å². The molecule has 0 aliphatic carbocycles. The standard InChI is InChI=1S/3Nb.Zr. The minimum Gasteiger partial charge on any atom is 0 e. The van der Waals surface area contributed by atoms with Gasteiger partial charge in [-0.3, -0.25) is 0 Å². The van der Waals surface area contributed by atoms with Gasteiger partial charge in [0, 0.05) is 93.3 Å². The molecule has 0 nitrogen and oxygen atoms in total. The summed E-state index contributed by atoms with van der Waals surface area (Å²) >= 11 is 0. The molecule has 0 aromatic rings. The van der Waals surface area contributed by atoms with Gasteiger partial charge in [0.05, 0.1) is 0 Å². The van der Waals surface area contributed by atoms with Crippen molar-refractivity contribution in [2.45, 2.75) is 0 Å². The Labute approximate surface area is 91.5 Å². The van der Waals surface area contributed by atoms with Gasteiger partial charge >= 0.3 is 0 Å². The van der Waals surface area contributed by atoms with Crippen molar-refractivity contribution < 1.29 is 93.3 Å². The molecule has 0 aromatic heterocycles. The Kier molecular flexibility index (Phi) is 113. The van der Waals surface area contributed by atoms with E-state index in [2.05, 4.69) is 0 Å². The molecule has 0 aliphatic heterocycles. The van der Waals surface area contributed by atoms with Crippen molar-refractivity contribution in [3.63, 3.8) is 0 Å². The van der Waals surface area contributed by atoms with Crippen LogP contribution < -0.4 is 0 Å². The Morgan fingerprint density at radius 1 is 0.500 bits per heavy atom. The normalized spacial score (nSPS) is 0. The fraction of sp³-hybridized carbons (Fsp3) is 0. The van der Waals surface area contributed by atoms with Crippen molar-refractivity contribution in [3.05, 3.63) is 0 Å². The first-order valence-corrected chi connectivity index (χ1v) is 0. The number of hydrogen-bond donors (Lipinski definition) is 0. The maximum Gasteiger partial charge on any atom is 0 e. The summed E-state index contributed by atoms with van der Waals surface area (Å²) in [5.41, 5.74) is 0. The maximum atomic E-state index is 0. The quantitative estimate of drug-likeness (QED) is 0.527. The Bertz CT molecular complexity index is 3.25. The zero-order valence-electron chi connectivity index (χ0n) is 1.84. The summed E-state index contributed by atoms with van der Waals surface area (Å²) in [6, 6.07) is 0.